The zero-order valence-corrected chi connectivity index (χ0v) is 15.6. The molecule has 0 spiro atoms. The summed E-state index contributed by atoms with van der Waals surface area (Å²) in [5.41, 5.74) is 6.27. The number of anilines is 1. The molecular weight excluding hydrogens is 389 g/mol. The van der Waals surface area contributed by atoms with Crippen molar-refractivity contribution in [1.82, 2.24) is 9.88 Å². The molecule has 0 saturated carbocycles. The van der Waals surface area contributed by atoms with E-state index in [9.17, 15) is 24.0 Å². The van der Waals surface area contributed by atoms with E-state index in [0.717, 1.165) is 0 Å². The van der Waals surface area contributed by atoms with Gasteiger partial charge in [-0.2, -0.15) is 5.26 Å². The van der Waals surface area contributed by atoms with E-state index in [-0.39, 0.29) is 18.0 Å². The molecule has 0 aliphatic heterocycles. The number of nitrogens with one attached hydrogen (secondary N) is 2. The van der Waals surface area contributed by atoms with Crippen LogP contribution in [0.2, 0.25) is 0 Å². The molecule has 0 radical (unpaired) electrons. The number of hydrogen-bond donors (Lipinski definition) is 3. The van der Waals surface area contributed by atoms with Gasteiger partial charge < -0.3 is 15.6 Å². The average Bonchev–Trinajstić information content (AvgIpc) is 3.04. The number of carbonyl (C=O) groups is 3. The van der Waals surface area contributed by atoms with Crippen molar-refractivity contribution in [3.05, 3.63) is 71.7 Å². The Morgan fingerprint density at radius 2 is 1.83 bits per heavy atom. The van der Waals surface area contributed by atoms with E-state index in [4.69, 9.17) is 5.73 Å². The molecule has 9 heteroatoms. The van der Waals surface area contributed by atoms with E-state index in [1.54, 1.807) is 41.1 Å². The number of amides is 4. The van der Waals surface area contributed by atoms with E-state index in [1.165, 1.54) is 30.3 Å². The van der Waals surface area contributed by atoms with Crippen molar-refractivity contribution < 1.29 is 18.8 Å². The van der Waals surface area contributed by atoms with E-state index in [1.807, 2.05) is 5.32 Å². The normalized spacial score (nSPS) is 11.0. The number of para-hydroxylation sites is 1. The molecular formula is C21H16FN5O3. The molecule has 4 amide bonds. The Bertz CT molecular complexity index is 1210. The van der Waals surface area contributed by atoms with Crippen molar-refractivity contribution in [2.24, 2.45) is 5.73 Å². The van der Waals surface area contributed by atoms with Gasteiger partial charge in [-0.15, -0.1) is 0 Å². The Kier molecular flexibility index (Phi) is 5.89. The number of benzene rings is 2. The number of nitrogens with two attached hydrogens (primary N) is 1. The summed E-state index contributed by atoms with van der Waals surface area (Å²) in [7, 11) is 0. The van der Waals surface area contributed by atoms with E-state index < -0.39 is 17.8 Å². The van der Waals surface area contributed by atoms with Crippen molar-refractivity contribution in [2.75, 3.05) is 5.32 Å². The monoisotopic (exact) mass is 405 g/mol. The van der Waals surface area contributed by atoms with Crippen LogP contribution in [0.25, 0.3) is 17.0 Å². The Balaban J connectivity index is 1.90. The zero-order valence-electron chi connectivity index (χ0n) is 15.6. The Labute approximate surface area is 170 Å². The minimum absolute atomic E-state index is 0.0545. The summed E-state index contributed by atoms with van der Waals surface area (Å²) in [6.45, 7) is -0.0545. The van der Waals surface area contributed by atoms with Crippen LogP contribution in [0.5, 0.6) is 0 Å². The molecule has 1 heterocycles. The number of carbonyl (C=O) groups excluding carboxylic acids is 3. The third-order valence-electron chi connectivity index (χ3n) is 4.16. The van der Waals surface area contributed by atoms with Gasteiger partial charge in [-0.3, -0.25) is 14.9 Å². The second kappa shape index (κ2) is 8.70. The fourth-order valence-electron chi connectivity index (χ4n) is 2.89. The smallest absolute Gasteiger partial charge is 0.319 e. The molecule has 1 aromatic heterocycles. The average molecular weight is 405 g/mol. The third kappa shape index (κ3) is 4.69. The largest absolute Gasteiger partial charge is 0.351 e. The lowest BCUT2D eigenvalue weighted by Gasteiger charge is -2.07. The molecule has 30 heavy (non-hydrogen) atoms. The maximum absolute atomic E-state index is 13.0. The standard InChI is InChI=1S/C21H16FN5O3/c22-15-5-7-16(8-6-15)25-19(28)12-27-11-14(17-3-1-2-4-18(17)27)9-13(10-23)20(29)26-21(24)30/h1-9,11H,12H2,(H,25,28)(H3,24,26,29,30)/b13-9-. The fraction of sp³-hybridized carbons (Fsp3) is 0.0476. The number of primary amides is 1. The third-order valence-corrected chi connectivity index (χ3v) is 4.16. The summed E-state index contributed by atoms with van der Waals surface area (Å²) in [6.07, 6.45) is 2.93. The minimum atomic E-state index is -1.07. The molecule has 0 bridgehead atoms. The SMILES string of the molecule is N#C/C(=C/c1cn(CC(=O)Nc2ccc(F)cc2)c2ccccc12)C(=O)NC(N)=O. The summed E-state index contributed by atoms with van der Waals surface area (Å²) in [5.74, 6) is -1.67. The molecule has 4 N–H and O–H groups in total. The summed E-state index contributed by atoms with van der Waals surface area (Å²) in [5, 5.41) is 14.5. The predicted molar refractivity (Wildman–Crippen MR) is 108 cm³/mol. The lowest BCUT2D eigenvalue weighted by Crippen LogP contribution is -2.35. The highest BCUT2D eigenvalue weighted by atomic mass is 19.1. The van der Waals surface area contributed by atoms with Crippen LogP contribution >= 0.6 is 0 Å². The molecule has 0 fully saturated rings. The molecule has 0 saturated heterocycles. The molecule has 0 unspecified atom stereocenters. The topological polar surface area (TPSA) is 130 Å². The number of imide groups is 1. The molecule has 0 aliphatic carbocycles. The van der Waals surface area contributed by atoms with Crippen molar-refractivity contribution in [3.63, 3.8) is 0 Å². The van der Waals surface area contributed by atoms with Gasteiger partial charge in [0.1, 0.15) is 24.0 Å². The van der Waals surface area contributed by atoms with E-state index in [2.05, 4.69) is 5.32 Å². The van der Waals surface area contributed by atoms with Crippen LogP contribution in [0.3, 0.4) is 0 Å². The molecule has 0 atom stereocenters. The van der Waals surface area contributed by atoms with Crippen LogP contribution in [0.15, 0.2) is 60.3 Å². The van der Waals surface area contributed by atoms with Crippen LogP contribution in [-0.2, 0) is 16.1 Å². The van der Waals surface area contributed by atoms with Gasteiger partial charge >= 0.3 is 6.03 Å². The number of urea groups is 1. The quantitative estimate of drug-likeness (QED) is 0.445. The Morgan fingerprint density at radius 3 is 2.50 bits per heavy atom. The Hall–Kier alpha value is -4.45. The second-order valence-corrected chi connectivity index (χ2v) is 6.27. The van der Waals surface area contributed by atoms with Crippen LogP contribution in [0, 0.1) is 17.1 Å². The number of aromatic nitrogens is 1. The number of hydrogen-bond acceptors (Lipinski definition) is 4. The fourth-order valence-corrected chi connectivity index (χ4v) is 2.89. The highest BCUT2D eigenvalue weighted by Crippen LogP contribution is 2.24. The summed E-state index contributed by atoms with van der Waals surface area (Å²) in [6, 6.07) is 13.2. The first-order chi connectivity index (χ1) is 14.4. The minimum Gasteiger partial charge on any atom is -0.351 e. The maximum atomic E-state index is 13.0. The van der Waals surface area contributed by atoms with Crippen LogP contribution in [0.4, 0.5) is 14.9 Å². The first-order valence-corrected chi connectivity index (χ1v) is 8.73. The highest BCUT2D eigenvalue weighted by molar-refractivity contribution is 6.09. The molecule has 8 nitrogen and oxygen atoms in total. The first-order valence-electron chi connectivity index (χ1n) is 8.73. The van der Waals surface area contributed by atoms with Crippen molar-refractivity contribution in [3.8, 4) is 6.07 Å². The van der Waals surface area contributed by atoms with Gasteiger partial charge in [0.25, 0.3) is 5.91 Å². The van der Waals surface area contributed by atoms with Gasteiger partial charge in [0.05, 0.1) is 0 Å². The van der Waals surface area contributed by atoms with Crippen molar-refractivity contribution in [2.45, 2.75) is 6.54 Å². The van der Waals surface area contributed by atoms with Crippen LogP contribution < -0.4 is 16.4 Å². The number of nitriles is 1. The lowest BCUT2D eigenvalue weighted by atomic mass is 10.1. The molecule has 150 valence electrons. The molecule has 0 aliphatic rings. The van der Waals surface area contributed by atoms with Gasteiger partial charge in [0, 0.05) is 28.4 Å². The second-order valence-electron chi connectivity index (χ2n) is 6.27. The van der Waals surface area contributed by atoms with E-state index in [0.29, 0.717) is 22.2 Å². The molecule has 2 aromatic carbocycles. The summed E-state index contributed by atoms with van der Waals surface area (Å²) in [4.78, 5) is 35.2. The zero-order chi connectivity index (χ0) is 21.7. The number of halogens is 1. The van der Waals surface area contributed by atoms with Gasteiger partial charge in [0.2, 0.25) is 5.91 Å². The number of nitrogens with zero attached hydrogens (tertiary/aromatic N) is 2. The molecule has 3 rings (SSSR count). The number of fused-ring (bicyclic) bond motifs is 1. The summed E-state index contributed by atoms with van der Waals surface area (Å²) < 4.78 is 14.7. The predicted octanol–water partition coefficient (Wildman–Crippen LogP) is 2.52. The van der Waals surface area contributed by atoms with Gasteiger partial charge in [0.15, 0.2) is 0 Å². The van der Waals surface area contributed by atoms with Gasteiger partial charge in [-0.1, -0.05) is 18.2 Å². The van der Waals surface area contributed by atoms with Crippen LogP contribution in [0.1, 0.15) is 5.56 Å². The first kappa shape index (κ1) is 20.3. The van der Waals surface area contributed by atoms with E-state index >= 15 is 0 Å². The highest BCUT2D eigenvalue weighted by Gasteiger charge is 2.15. The van der Waals surface area contributed by atoms with Gasteiger partial charge in [-0.25, -0.2) is 9.18 Å². The van der Waals surface area contributed by atoms with Gasteiger partial charge in [-0.05, 0) is 36.4 Å². The lowest BCUT2D eigenvalue weighted by molar-refractivity contribution is -0.117. The van der Waals surface area contributed by atoms with Crippen molar-refractivity contribution in [1.29, 1.82) is 5.26 Å². The summed E-state index contributed by atoms with van der Waals surface area (Å²) >= 11 is 0. The van der Waals surface area contributed by atoms with Crippen molar-refractivity contribution >= 4 is 40.5 Å². The van der Waals surface area contributed by atoms with Crippen LogP contribution in [-0.4, -0.2) is 22.4 Å². The Morgan fingerprint density at radius 1 is 1.13 bits per heavy atom. The molecule has 3 aromatic rings. The maximum Gasteiger partial charge on any atom is 0.319 e. The number of rotatable bonds is 5.